The standard InChI is InChI=1S/C12H17NO2S/c1-9-7-11(4-5-12(9)13)16(14)8-10-3-2-6-15-10/h4-5,7,10H,2-3,6,8,13H2,1H3. The Balaban J connectivity index is 2.05. The number of aryl methyl sites for hydroxylation is 1. The molecule has 4 heteroatoms. The zero-order valence-corrected chi connectivity index (χ0v) is 10.3. The van der Waals surface area contributed by atoms with E-state index in [1.807, 2.05) is 25.1 Å². The number of rotatable bonds is 3. The molecule has 3 nitrogen and oxygen atoms in total. The monoisotopic (exact) mass is 239 g/mol. The Morgan fingerprint density at radius 1 is 1.56 bits per heavy atom. The molecular formula is C12H17NO2S. The highest BCUT2D eigenvalue weighted by molar-refractivity contribution is 7.85. The van der Waals surface area contributed by atoms with Gasteiger partial charge in [0.25, 0.3) is 0 Å². The molecule has 1 saturated heterocycles. The zero-order chi connectivity index (χ0) is 11.5. The van der Waals surface area contributed by atoms with Crippen LogP contribution in [0, 0.1) is 6.92 Å². The Kier molecular flexibility index (Phi) is 3.61. The summed E-state index contributed by atoms with van der Waals surface area (Å²) in [5.74, 6) is 0.601. The van der Waals surface area contributed by atoms with Gasteiger partial charge in [0, 0.05) is 17.2 Å². The first-order chi connectivity index (χ1) is 7.66. The van der Waals surface area contributed by atoms with Gasteiger partial charge in [-0.3, -0.25) is 4.21 Å². The predicted octanol–water partition coefficient (Wildman–Crippen LogP) is 1.86. The van der Waals surface area contributed by atoms with Crippen LogP contribution in [0.1, 0.15) is 18.4 Å². The van der Waals surface area contributed by atoms with E-state index in [1.165, 1.54) is 0 Å². The summed E-state index contributed by atoms with van der Waals surface area (Å²) in [6.45, 7) is 2.74. The molecule has 1 aromatic carbocycles. The third-order valence-electron chi connectivity index (χ3n) is 2.87. The van der Waals surface area contributed by atoms with E-state index in [2.05, 4.69) is 0 Å². The highest BCUT2D eigenvalue weighted by Crippen LogP contribution is 2.19. The summed E-state index contributed by atoms with van der Waals surface area (Å²) in [5.41, 5.74) is 7.46. The molecule has 2 atom stereocenters. The molecule has 0 spiro atoms. The number of anilines is 1. The van der Waals surface area contributed by atoms with Crippen LogP contribution in [-0.2, 0) is 15.5 Å². The van der Waals surface area contributed by atoms with Crippen LogP contribution >= 0.6 is 0 Å². The van der Waals surface area contributed by atoms with E-state index in [0.29, 0.717) is 5.75 Å². The van der Waals surface area contributed by atoms with Crippen LogP contribution in [0.2, 0.25) is 0 Å². The molecule has 0 amide bonds. The van der Waals surface area contributed by atoms with Gasteiger partial charge in [-0.05, 0) is 43.5 Å². The van der Waals surface area contributed by atoms with E-state index >= 15 is 0 Å². The van der Waals surface area contributed by atoms with Crippen molar-refractivity contribution < 1.29 is 8.95 Å². The molecule has 2 rings (SSSR count). The molecule has 16 heavy (non-hydrogen) atoms. The van der Waals surface area contributed by atoms with Crippen molar-refractivity contribution in [2.45, 2.75) is 30.8 Å². The van der Waals surface area contributed by atoms with Crippen LogP contribution in [0.15, 0.2) is 23.1 Å². The largest absolute Gasteiger partial charge is 0.399 e. The Bertz CT molecular complexity index is 400. The molecule has 2 N–H and O–H groups in total. The van der Waals surface area contributed by atoms with Crippen LogP contribution in [0.4, 0.5) is 5.69 Å². The van der Waals surface area contributed by atoms with Gasteiger partial charge < -0.3 is 10.5 Å². The van der Waals surface area contributed by atoms with Gasteiger partial charge in [-0.2, -0.15) is 0 Å². The van der Waals surface area contributed by atoms with E-state index in [9.17, 15) is 4.21 Å². The van der Waals surface area contributed by atoms with E-state index < -0.39 is 10.8 Å². The van der Waals surface area contributed by atoms with Crippen molar-refractivity contribution in [3.8, 4) is 0 Å². The minimum Gasteiger partial charge on any atom is -0.399 e. The molecule has 1 aliphatic rings. The molecule has 1 fully saturated rings. The molecule has 1 aromatic rings. The molecule has 0 saturated carbocycles. The van der Waals surface area contributed by atoms with Crippen LogP contribution in [-0.4, -0.2) is 22.7 Å². The fourth-order valence-corrected chi connectivity index (χ4v) is 3.15. The Morgan fingerprint density at radius 2 is 2.38 bits per heavy atom. The summed E-state index contributed by atoms with van der Waals surface area (Å²) in [6.07, 6.45) is 2.28. The van der Waals surface area contributed by atoms with Gasteiger partial charge in [0.15, 0.2) is 0 Å². The molecule has 0 radical (unpaired) electrons. The number of nitrogen functional groups attached to an aromatic ring is 1. The minimum atomic E-state index is -0.972. The summed E-state index contributed by atoms with van der Waals surface area (Å²) in [6, 6.07) is 5.56. The van der Waals surface area contributed by atoms with E-state index in [0.717, 1.165) is 35.6 Å². The van der Waals surface area contributed by atoms with Gasteiger partial charge in [-0.1, -0.05) is 0 Å². The van der Waals surface area contributed by atoms with Gasteiger partial charge in [0.05, 0.1) is 22.7 Å². The topological polar surface area (TPSA) is 52.3 Å². The second-order valence-electron chi connectivity index (χ2n) is 4.17. The summed E-state index contributed by atoms with van der Waals surface area (Å²) in [4.78, 5) is 0.849. The average molecular weight is 239 g/mol. The minimum absolute atomic E-state index is 0.165. The van der Waals surface area contributed by atoms with Gasteiger partial charge in [0.1, 0.15) is 0 Å². The highest BCUT2D eigenvalue weighted by atomic mass is 32.2. The molecule has 2 unspecified atom stereocenters. The van der Waals surface area contributed by atoms with Crippen LogP contribution in [0.5, 0.6) is 0 Å². The van der Waals surface area contributed by atoms with Crippen molar-refractivity contribution in [1.29, 1.82) is 0 Å². The molecule has 88 valence electrons. The molecular weight excluding hydrogens is 222 g/mol. The summed E-state index contributed by atoms with van der Waals surface area (Å²) in [5, 5.41) is 0. The fourth-order valence-electron chi connectivity index (χ4n) is 1.83. The van der Waals surface area contributed by atoms with Crippen molar-refractivity contribution in [2.24, 2.45) is 0 Å². The molecule has 0 aromatic heterocycles. The normalized spacial score (nSPS) is 22.2. The Hall–Kier alpha value is -0.870. The van der Waals surface area contributed by atoms with E-state index in [1.54, 1.807) is 0 Å². The number of ether oxygens (including phenoxy) is 1. The maximum atomic E-state index is 12.1. The lowest BCUT2D eigenvalue weighted by Crippen LogP contribution is -2.15. The quantitative estimate of drug-likeness (QED) is 0.819. The maximum Gasteiger partial charge on any atom is 0.0694 e. The molecule has 0 bridgehead atoms. The van der Waals surface area contributed by atoms with Crippen molar-refractivity contribution in [2.75, 3.05) is 18.1 Å². The van der Waals surface area contributed by atoms with Crippen molar-refractivity contribution in [3.05, 3.63) is 23.8 Å². The van der Waals surface area contributed by atoms with Crippen LogP contribution in [0.25, 0.3) is 0 Å². The second-order valence-corrected chi connectivity index (χ2v) is 5.66. The summed E-state index contributed by atoms with van der Waals surface area (Å²) < 4.78 is 17.5. The number of hydrogen-bond donors (Lipinski definition) is 1. The Morgan fingerprint density at radius 3 is 3.00 bits per heavy atom. The number of benzene rings is 1. The first-order valence-corrected chi connectivity index (χ1v) is 6.85. The highest BCUT2D eigenvalue weighted by Gasteiger charge is 2.19. The molecule has 1 heterocycles. The first-order valence-electron chi connectivity index (χ1n) is 5.53. The lowest BCUT2D eigenvalue weighted by atomic mass is 10.2. The van der Waals surface area contributed by atoms with Crippen molar-refractivity contribution in [1.82, 2.24) is 0 Å². The van der Waals surface area contributed by atoms with Crippen LogP contribution in [0.3, 0.4) is 0 Å². The van der Waals surface area contributed by atoms with Crippen LogP contribution < -0.4 is 5.73 Å². The maximum absolute atomic E-state index is 12.1. The number of hydrogen-bond acceptors (Lipinski definition) is 3. The van der Waals surface area contributed by atoms with Gasteiger partial charge in [0.2, 0.25) is 0 Å². The van der Waals surface area contributed by atoms with E-state index in [4.69, 9.17) is 10.5 Å². The molecule has 0 aliphatic carbocycles. The van der Waals surface area contributed by atoms with Gasteiger partial charge in [-0.15, -0.1) is 0 Å². The van der Waals surface area contributed by atoms with Crippen molar-refractivity contribution in [3.63, 3.8) is 0 Å². The Labute approximate surface area is 98.4 Å². The third-order valence-corrected chi connectivity index (χ3v) is 4.32. The SMILES string of the molecule is Cc1cc(S(=O)CC2CCCO2)ccc1N. The predicted molar refractivity (Wildman–Crippen MR) is 65.8 cm³/mol. The summed E-state index contributed by atoms with van der Waals surface area (Å²) >= 11 is 0. The van der Waals surface area contributed by atoms with Gasteiger partial charge in [-0.25, -0.2) is 0 Å². The van der Waals surface area contributed by atoms with Gasteiger partial charge >= 0.3 is 0 Å². The smallest absolute Gasteiger partial charge is 0.0694 e. The third kappa shape index (κ3) is 2.62. The average Bonchev–Trinajstić information content (AvgIpc) is 2.74. The van der Waals surface area contributed by atoms with Crippen molar-refractivity contribution >= 4 is 16.5 Å². The zero-order valence-electron chi connectivity index (χ0n) is 9.44. The number of nitrogens with two attached hydrogens (primary N) is 1. The first kappa shape index (κ1) is 11.6. The lowest BCUT2D eigenvalue weighted by molar-refractivity contribution is 0.128. The van der Waals surface area contributed by atoms with E-state index in [-0.39, 0.29) is 6.10 Å². The summed E-state index contributed by atoms with van der Waals surface area (Å²) in [7, 11) is -0.972. The molecule has 1 aliphatic heterocycles. The second kappa shape index (κ2) is 4.97. The lowest BCUT2D eigenvalue weighted by Gasteiger charge is -2.09. The fraction of sp³-hybridized carbons (Fsp3) is 0.500.